The lowest BCUT2D eigenvalue weighted by molar-refractivity contribution is 0.641. The maximum Gasteiger partial charge on any atom is 0.0511 e. The normalized spacial score (nSPS) is 19.4. The standard InChI is InChI=1S/C8H15Cl3/c1-3-4-7(10)5-8(11)6(2)9/h6-8H,3-5H2,1-2H3. The van der Waals surface area contributed by atoms with Crippen molar-refractivity contribution in [3.05, 3.63) is 0 Å². The van der Waals surface area contributed by atoms with E-state index >= 15 is 0 Å². The van der Waals surface area contributed by atoms with Gasteiger partial charge in [0.15, 0.2) is 0 Å². The molecule has 0 rings (SSSR count). The third-order valence-electron chi connectivity index (χ3n) is 1.58. The molecule has 0 radical (unpaired) electrons. The summed E-state index contributed by atoms with van der Waals surface area (Å²) in [7, 11) is 0. The van der Waals surface area contributed by atoms with E-state index < -0.39 is 0 Å². The summed E-state index contributed by atoms with van der Waals surface area (Å²) in [5, 5.41) is 0.198. The first-order valence-electron chi connectivity index (χ1n) is 4.00. The Bertz CT molecular complexity index is 93.3. The van der Waals surface area contributed by atoms with Crippen LogP contribution in [0.25, 0.3) is 0 Å². The molecule has 0 bridgehead atoms. The van der Waals surface area contributed by atoms with Gasteiger partial charge in [-0.2, -0.15) is 0 Å². The Morgan fingerprint density at radius 2 is 1.73 bits per heavy atom. The van der Waals surface area contributed by atoms with E-state index in [2.05, 4.69) is 6.92 Å². The lowest BCUT2D eigenvalue weighted by atomic mass is 10.1. The molecule has 3 atom stereocenters. The molecule has 0 aromatic carbocycles. The SMILES string of the molecule is CCCC(Cl)CC(Cl)C(C)Cl. The molecule has 0 aromatic rings. The van der Waals surface area contributed by atoms with E-state index in [1.165, 1.54) is 0 Å². The van der Waals surface area contributed by atoms with Crippen LogP contribution in [0.5, 0.6) is 0 Å². The van der Waals surface area contributed by atoms with E-state index in [9.17, 15) is 0 Å². The highest BCUT2D eigenvalue weighted by Crippen LogP contribution is 2.20. The number of hydrogen-bond acceptors (Lipinski definition) is 0. The fraction of sp³-hybridized carbons (Fsp3) is 1.00. The fourth-order valence-corrected chi connectivity index (χ4v) is 1.68. The summed E-state index contributed by atoms with van der Waals surface area (Å²) in [5.41, 5.74) is 0. The number of rotatable bonds is 5. The van der Waals surface area contributed by atoms with E-state index in [0.29, 0.717) is 0 Å². The van der Waals surface area contributed by atoms with Gasteiger partial charge in [0.1, 0.15) is 0 Å². The molecule has 0 N–H and O–H groups in total. The van der Waals surface area contributed by atoms with Crippen LogP contribution in [0.1, 0.15) is 33.1 Å². The van der Waals surface area contributed by atoms with Crippen molar-refractivity contribution in [2.45, 2.75) is 49.2 Å². The van der Waals surface area contributed by atoms with Gasteiger partial charge in [-0.1, -0.05) is 13.3 Å². The Hall–Kier alpha value is 0.870. The summed E-state index contributed by atoms with van der Waals surface area (Å²) in [6, 6.07) is 0. The van der Waals surface area contributed by atoms with Crippen LogP contribution in [0, 0.1) is 0 Å². The van der Waals surface area contributed by atoms with Crippen molar-refractivity contribution < 1.29 is 0 Å². The molecule has 11 heavy (non-hydrogen) atoms. The number of halogens is 3. The second-order valence-electron chi connectivity index (χ2n) is 2.82. The first-order chi connectivity index (χ1) is 5.07. The van der Waals surface area contributed by atoms with Crippen LogP contribution in [-0.2, 0) is 0 Å². The van der Waals surface area contributed by atoms with Crippen molar-refractivity contribution in [3.63, 3.8) is 0 Å². The van der Waals surface area contributed by atoms with Gasteiger partial charge in [-0.25, -0.2) is 0 Å². The molecule has 0 aromatic heterocycles. The average Bonchev–Trinajstić information content (AvgIpc) is 1.87. The molecule has 68 valence electrons. The van der Waals surface area contributed by atoms with Gasteiger partial charge >= 0.3 is 0 Å². The topological polar surface area (TPSA) is 0 Å². The average molecular weight is 218 g/mol. The minimum absolute atomic E-state index is 0.00529. The maximum absolute atomic E-state index is 5.98. The lowest BCUT2D eigenvalue weighted by Gasteiger charge is -2.14. The van der Waals surface area contributed by atoms with Crippen LogP contribution in [0.15, 0.2) is 0 Å². The zero-order valence-corrected chi connectivity index (χ0v) is 9.26. The number of alkyl halides is 3. The van der Waals surface area contributed by atoms with Gasteiger partial charge in [-0.3, -0.25) is 0 Å². The summed E-state index contributed by atoms with van der Waals surface area (Å²) >= 11 is 17.7. The molecule has 0 aliphatic heterocycles. The van der Waals surface area contributed by atoms with Gasteiger partial charge in [0.25, 0.3) is 0 Å². The zero-order chi connectivity index (χ0) is 8.85. The predicted octanol–water partition coefficient (Wildman–Crippen LogP) is 4.02. The molecule has 3 unspecified atom stereocenters. The molecule has 3 heteroatoms. The van der Waals surface area contributed by atoms with Crippen molar-refractivity contribution in [1.29, 1.82) is 0 Å². The Balaban J connectivity index is 3.48. The smallest absolute Gasteiger partial charge is 0.0511 e. The summed E-state index contributed by atoms with van der Waals surface area (Å²) in [6.45, 7) is 4.01. The first-order valence-corrected chi connectivity index (χ1v) is 5.31. The van der Waals surface area contributed by atoms with Crippen molar-refractivity contribution >= 4 is 34.8 Å². The Morgan fingerprint density at radius 1 is 1.18 bits per heavy atom. The fourth-order valence-electron chi connectivity index (χ4n) is 0.863. The molecule has 0 nitrogen and oxygen atoms in total. The molecule has 0 amide bonds. The minimum Gasteiger partial charge on any atom is -0.123 e. The Morgan fingerprint density at radius 3 is 2.09 bits per heavy atom. The molecule has 0 spiro atoms. The number of hydrogen-bond donors (Lipinski definition) is 0. The summed E-state index contributed by atoms with van der Waals surface area (Å²) < 4.78 is 0. The summed E-state index contributed by atoms with van der Waals surface area (Å²) in [6.07, 6.45) is 2.93. The molecule has 0 saturated heterocycles. The second kappa shape index (κ2) is 6.39. The largest absolute Gasteiger partial charge is 0.123 e. The molecule has 0 fully saturated rings. The van der Waals surface area contributed by atoms with E-state index in [1.807, 2.05) is 6.92 Å². The van der Waals surface area contributed by atoms with Gasteiger partial charge in [-0.15, -0.1) is 34.8 Å². The van der Waals surface area contributed by atoms with E-state index in [4.69, 9.17) is 34.8 Å². The van der Waals surface area contributed by atoms with Crippen molar-refractivity contribution in [3.8, 4) is 0 Å². The van der Waals surface area contributed by atoms with Crippen molar-refractivity contribution in [2.75, 3.05) is 0 Å². The van der Waals surface area contributed by atoms with Gasteiger partial charge in [0, 0.05) is 10.8 Å². The van der Waals surface area contributed by atoms with Gasteiger partial charge in [-0.05, 0) is 19.8 Å². The summed E-state index contributed by atoms with van der Waals surface area (Å²) in [4.78, 5) is 0. The van der Waals surface area contributed by atoms with Crippen LogP contribution < -0.4 is 0 Å². The van der Waals surface area contributed by atoms with E-state index in [0.717, 1.165) is 19.3 Å². The Labute approximate surface area is 84.2 Å². The minimum atomic E-state index is 0.00529. The van der Waals surface area contributed by atoms with Crippen LogP contribution in [0.2, 0.25) is 0 Å². The van der Waals surface area contributed by atoms with Gasteiger partial charge in [0.2, 0.25) is 0 Å². The highest BCUT2D eigenvalue weighted by atomic mass is 35.5. The predicted molar refractivity (Wildman–Crippen MR) is 54.1 cm³/mol. The van der Waals surface area contributed by atoms with E-state index in [-0.39, 0.29) is 16.1 Å². The molecule has 0 saturated carbocycles. The van der Waals surface area contributed by atoms with Crippen molar-refractivity contribution in [2.24, 2.45) is 0 Å². The maximum atomic E-state index is 5.98. The molecule has 0 aliphatic carbocycles. The van der Waals surface area contributed by atoms with Crippen LogP contribution in [0.3, 0.4) is 0 Å². The monoisotopic (exact) mass is 216 g/mol. The highest BCUT2D eigenvalue weighted by molar-refractivity contribution is 6.30. The van der Waals surface area contributed by atoms with Gasteiger partial charge < -0.3 is 0 Å². The lowest BCUT2D eigenvalue weighted by Crippen LogP contribution is -2.16. The molecular weight excluding hydrogens is 202 g/mol. The molecule has 0 heterocycles. The highest BCUT2D eigenvalue weighted by Gasteiger charge is 2.15. The van der Waals surface area contributed by atoms with Crippen LogP contribution in [-0.4, -0.2) is 16.1 Å². The van der Waals surface area contributed by atoms with Gasteiger partial charge in [0.05, 0.1) is 5.38 Å². The quantitative estimate of drug-likeness (QED) is 0.610. The van der Waals surface area contributed by atoms with Crippen molar-refractivity contribution in [1.82, 2.24) is 0 Å². The molecule has 0 aliphatic rings. The van der Waals surface area contributed by atoms with Crippen LogP contribution in [0.4, 0.5) is 0 Å². The summed E-state index contributed by atoms with van der Waals surface area (Å²) in [5.74, 6) is 0. The van der Waals surface area contributed by atoms with E-state index in [1.54, 1.807) is 0 Å². The zero-order valence-electron chi connectivity index (χ0n) is 6.99. The van der Waals surface area contributed by atoms with Crippen LogP contribution >= 0.6 is 34.8 Å². The third kappa shape index (κ3) is 6.07. The first kappa shape index (κ1) is 11.9. The third-order valence-corrected chi connectivity index (χ3v) is 2.97. The second-order valence-corrected chi connectivity index (χ2v) is 4.68. The Kier molecular flexibility index (Phi) is 6.90. The molecular formula is C8H15Cl3.